The van der Waals surface area contributed by atoms with Gasteiger partial charge in [-0.25, -0.2) is 4.79 Å². The number of carbonyl (C=O) groups excluding carboxylic acids is 2. The zero-order chi connectivity index (χ0) is 64.5. The Hall–Kier alpha value is -11.3. The highest BCUT2D eigenvalue weighted by Gasteiger charge is 2.23. The number of carbonyl (C=O) groups is 2. The first kappa shape index (κ1) is 63.3. The Labute approximate surface area is 534 Å². The highest BCUT2D eigenvalue weighted by atomic mass is 16.6. The maximum Gasteiger partial charge on any atom is 0.343 e. The first-order chi connectivity index (χ1) is 45.4. The number of aliphatic hydroxyl groups is 2. The van der Waals surface area contributed by atoms with Crippen LogP contribution < -0.4 is 52.1 Å². The van der Waals surface area contributed by atoms with Crippen molar-refractivity contribution in [1.82, 2.24) is 0 Å². The Balaban J connectivity index is 0.859. The van der Waals surface area contributed by atoms with Gasteiger partial charge in [-0.15, -0.1) is 0 Å². The van der Waals surface area contributed by atoms with Gasteiger partial charge in [0.2, 0.25) is 12.6 Å². The molecule has 0 amide bonds. The van der Waals surface area contributed by atoms with Crippen LogP contribution in [0.3, 0.4) is 0 Å². The van der Waals surface area contributed by atoms with Crippen molar-refractivity contribution in [2.24, 2.45) is 0 Å². The molecular formula is C74H66O19. The van der Waals surface area contributed by atoms with Gasteiger partial charge in [0.25, 0.3) is 0 Å². The molecule has 0 heterocycles. The van der Waals surface area contributed by atoms with Crippen LogP contribution in [0, 0.1) is 0 Å². The third-order valence-corrected chi connectivity index (χ3v) is 14.6. The molecule has 19 heteroatoms. The SMILES string of the molecule is O=Cc1ccc2ccc3c(OC(O)c4cc(OC(=O)c5cc(OCCCOc6ccc(O)cc6)cc(OCCCOc6ccc(O)cc6)c5)cc(OC(O)c5cc(OCCCOc6ccc(O)cc6)cc(OCCCOc6ccc(O)cc6)c5)c4)ccc4ccc1c2c43. The van der Waals surface area contributed by atoms with Crippen LogP contribution in [-0.2, 0) is 0 Å². The number of ether oxygens (including phenoxy) is 11. The fraction of sp³-hybridized carbons (Fsp3) is 0.189. The zero-order valence-electron chi connectivity index (χ0n) is 50.3. The quantitative estimate of drug-likeness (QED) is 0.00558. The van der Waals surface area contributed by atoms with Crippen LogP contribution in [0.4, 0.5) is 0 Å². The highest BCUT2D eigenvalue weighted by Crippen LogP contribution is 2.42. The number of esters is 1. The first-order valence-electron chi connectivity index (χ1n) is 30.1. The van der Waals surface area contributed by atoms with Crippen molar-refractivity contribution in [2.45, 2.75) is 38.3 Å². The van der Waals surface area contributed by atoms with Crippen molar-refractivity contribution >= 4 is 44.6 Å². The molecule has 0 bridgehead atoms. The number of phenols is 4. The molecule has 11 rings (SSSR count). The molecule has 0 saturated heterocycles. The monoisotopic (exact) mass is 1260 g/mol. The van der Waals surface area contributed by atoms with Crippen LogP contribution in [0.5, 0.6) is 86.2 Å². The van der Waals surface area contributed by atoms with E-state index >= 15 is 0 Å². The van der Waals surface area contributed by atoms with Gasteiger partial charge < -0.3 is 82.7 Å². The predicted octanol–water partition coefficient (Wildman–Crippen LogP) is 14.0. The van der Waals surface area contributed by atoms with E-state index in [0.29, 0.717) is 90.1 Å². The van der Waals surface area contributed by atoms with Gasteiger partial charge in [0.05, 0.1) is 58.4 Å². The molecule has 0 aliphatic rings. The molecule has 11 aromatic rings. The van der Waals surface area contributed by atoms with Crippen LogP contribution >= 0.6 is 0 Å². The molecule has 0 radical (unpaired) electrons. The lowest BCUT2D eigenvalue weighted by Gasteiger charge is -2.21. The van der Waals surface area contributed by atoms with Gasteiger partial charge in [0.15, 0.2) is 6.29 Å². The van der Waals surface area contributed by atoms with E-state index in [1.165, 1.54) is 78.9 Å². The van der Waals surface area contributed by atoms with Gasteiger partial charge in [-0.05, 0) is 167 Å². The van der Waals surface area contributed by atoms with Crippen LogP contribution in [-0.4, -0.2) is 95.7 Å². The first-order valence-corrected chi connectivity index (χ1v) is 30.1. The minimum atomic E-state index is -1.73. The van der Waals surface area contributed by atoms with Crippen molar-refractivity contribution in [2.75, 3.05) is 52.9 Å². The minimum Gasteiger partial charge on any atom is -0.508 e. The minimum absolute atomic E-state index is 0.0300. The van der Waals surface area contributed by atoms with Crippen LogP contribution in [0.25, 0.3) is 32.3 Å². The number of rotatable bonds is 33. The van der Waals surface area contributed by atoms with Crippen LogP contribution in [0.15, 0.2) is 200 Å². The zero-order valence-corrected chi connectivity index (χ0v) is 50.3. The largest absolute Gasteiger partial charge is 0.508 e. The number of benzene rings is 11. The summed E-state index contributed by atoms with van der Waals surface area (Å²) < 4.78 is 66.7. The number of phenolic OH excluding ortho intramolecular Hbond substituents is 4. The van der Waals surface area contributed by atoms with Crippen LogP contribution in [0.2, 0.25) is 0 Å². The lowest BCUT2D eigenvalue weighted by Crippen LogP contribution is -2.13. The molecule has 11 aromatic carbocycles. The van der Waals surface area contributed by atoms with Crippen molar-refractivity contribution in [3.63, 3.8) is 0 Å². The Morgan fingerprint density at radius 1 is 0.344 bits per heavy atom. The van der Waals surface area contributed by atoms with E-state index in [2.05, 4.69) is 0 Å². The third-order valence-electron chi connectivity index (χ3n) is 14.6. The molecule has 0 aromatic heterocycles. The van der Waals surface area contributed by atoms with Crippen LogP contribution in [0.1, 0.15) is 70.1 Å². The lowest BCUT2D eigenvalue weighted by molar-refractivity contribution is -0.0252. The van der Waals surface area contributed by atoms with E-state index in [9.17, 15) is 40.2 Å². The highest BCUT2D eigenvalue weighted by molar-refractivity contribution is 6.26. The maximum atomic E-state index is 14.5. The number of aldehydes is 1. The Morgan fingerprint density at radius 2 is 0.677 bits per heavy atom. The van der Waals surface area contributed by atoms with E-state index in [4.69, 9.17) is 52.1 Å². The molecule has 0 fully saturated rings. The summed E-state index contributed by atoms with van der Waals surface area (Å²) >= 11 is 0. The number of hydrogen-bond donors (Lipinski definition) is 6. The summed E-state index contributed by atoms with van der Waals surface area (Å²) in [6.45, 7) is 1.94. The maximum absolute atomic E-state index is 14.5. The second kappa shape index (κ2) is 30.5. The van der Waals surface area contributed by atoms with Gasteiger partial charge in [0, 0.05) is 71.3 Å². The normalized spacial score (nSPS) is 11.8. The average molecular weight is 1260 g/mol. The molecule has 0 saturated carbocycles. The van der Waals surface area contributed by atoms with E-state index < -0.39 is 18.5 Å². The van der Waals surface area contributed by atoms with E-state index in [-0.39, 0.29) is 102 Å². The van der Waals surface area contributed by atoms with E-state index in [1.54, 1.807) is 84.9 Å². The summed E-state index contributed by atoms with van der Waals surface area (Å²) in [5, 5.41) is 67.9. The molecule has 2 atom stereocenters. The standard InChI is InChI=1S/C74H66O19/c75-46-49-6-5-47-8-27-68-69(28-9-48-7-26-67(49)70(47)71(48)68)93-74(82)52-41-65(91-72(80)50-37-61(87-33-1-29-83-57-18-10-53(76)11-19-57)43-62(38-50)88-34-2-30-84-58-20-12-54(77)13-21-58)45-66(42-52)92-73(81)51-39-63(89-35-3-31-85-59-22-14-55(78)15-23-59)44-64(40-51)90-36-4-32-86-60-24-16-56(79)17-25-60/h5-28,37-46,72,74,76-80,82H,1-4,29-36H2. The third kappa shape index (κ3) is 17.2. The number of hydrogen-bond acceptors (Lipinski definition) is 19. The second-order valence-corrected chi connectivity index (χ2v) is 21.4. The number of aliphatic hydroxyl groups excluding tert-OH is 2. The second-order valence-electron chi connectivity index (χ2n) is 21.4. The van der Waals surface area contributed by atoms with Crippen molar-refractivity contribution in [3.8, 4) is 86.2 Å². The van der Waals surface area contributed by atoms with E-state index in [0.717, 1.165) is 33.2 Å². The summed E-state index contributed by atoms with van der Waals surface area (Å²) in [5.74, 6) is 3.25. The van der Waals surface area contributed by atoms with E-state index in [1.807, 2.05) is 36.4 Å². The topological polar surface area (TPSA) is 257 Å². The molecule has 2 unspecified atom stereocenters. The predicted molar refractivity (Wildman–Crippen MR) is 346 cm³/mol. The van der Waals surface area contributed by atoms with Crippen molar-refractivity contribution in [1.29, 1.82) is 0 Å². The molecule has 93 heavy (non-hydrogen) atoms. The average Bonchev–Trinajstić information content (AvgIpc) is 0.742. The molecule has 476 valence electrons. The van der Waals surface area contributed by atoms with Gasteiger partial charge >= 0.3 is 5.97 Å². The molecule has 0 aliphatic heterocycles. The molecule has 6 N–H and O–H groups in total. The fourth-order valence-corrected chi connectivity index (χ4v) is 10.1. The molecule has 19 nitrogen and oxygen atoms in total. The Morgan fingerprint density at radius 3 is 1.11 bits per heavy atom. The Kier molecular flexibility index (Phi) is 20.7. The number of aromatic hydroxyl groups is 4. The molecule has 0 spiro atoms. The smallest absolute Gasteiger partial charge is 0.343 e. The summed E-state index contributed by atoms with van der Waals surface area (Å²) in [6.07, 6.45) is -0.804. The molecular weight excluding hydrogens is 1190 g/mol. The van der Waals surface area contributed by atoms with Gasteiger partial charge in [-0.3, -0.25) is 4.79 Å². The Bertz CT molecular complexity index is 4120. The van der Waals surface area contributed by atoms with Gasteiger partial charge in [-0.2, -0.15) is 0 Å². The van der Waals surface area contributed by atoms with Crippen molar-refractivity contribution < 1.29 is 92.3 Å². The summed E-state index contributed by atoms with van der Waals surface area (Å²) in [4.78, 5) is 26.7. The molecule has 0 aliphatic carbocycles. The van der Waals surface area contributed by atoms with Gasteiger partial charge in [-0.1, -0.05) is 36.4 Å². The fourth-order valence-electron chi connectivity index (χ4n) is 10.1. The lowest BCUT2D eigenvalue weighted by atomic mass is 9.92. The van der Waals surface area contributed by atoms with Gasteiger partial charge in [0.1, 0.15) is 86.2 Å². The van der Waals surface area contributed by atoms with Crippen molar-refractivity contribution in [3.05, 3.63) is 222 Å². The summed E-state index contributed by atoms with van der Waals surface area (Å²) in [6, 6.07) is 54.0. The summed E-state index contributed by atoms with van der Waals surface area (Å²) in [5.41, 5.74) is 0.825. The summed E-state index contributed by atoms with van der Waals surface area (Å²) in [7, 11) is 0.